The second-order valence-corrected chi connectivity index (χ2v) is 3.06. The molecule has 0 heterocycles. The van der Waals surface area contributed by atoms with E-state index in [0.29, 0.717) is 0 Å². The number of alkyl halides is 1. The van der Waals surface area contributed by atoms with E-state index >= 15 is 0 Å². The fraction of sp³-hybridized carbons (Fsp3) is 0.222. The lowest BCUT2D eigenvalue weighted by molar-refractivity contribution is 0.101. The lowest BCUT2D eigenvalue weighted by Crippen LogP contribution is -2.06. The van der Waals surface area contributed by atoms with Crippen LogP contribution in [0.15, 0.2) is 12.1 Å². The number of hydrogen-bond acceptors (Lipinski definition) is 2. The molecule has 0 saturated heterocycles. The molecule has 0 radical (unpaired) electrons. The molecule has 0 atom stereocenters. The highest BCUT2D eigenvalue weighted by Crippen LogP contribution is 2.24. The van der Waals surface area contributed by atoms with Crippen molar-refractivity contribution in [1.29, 1.82) is 0 Å². The third-order valence-electron chi connectivity index (χ3n) is 1.67. The summed E-state index contributed by atoms with van der Waals surface area (Å²) >= 11 is 2.90. The SMILES string of the molecule is COc1c(F)ccc(C(=O)CBr)c1F. The van der Waals surface area contributed by atoms with Crippen LogP contribution in [0.5, 0.6) is 5.75 Å². The van der Waals surface area contributed by atoms with Crippen LogP contribution in [0, 0.1) is 11.6 Å². The lowest BCUT2D eigenvalue weighted by atomic mass is 10.1. The maximum absolute atomic E-state index is 13.4. The largest absolute Gasteiger partial charge is 0.491 e. The molecule has 0 aliphatic rings. The summed E-state index contributed by atoms with van der Waals surface area (Å²) < 4.78 is 30.8. The van der Waals surface area contributed by atoms with Gasteiger partial charge in [-0.25, -0.2) is 8.78 Å². The van der Waals surface area contributed by atoms with E-state index in [2.05, 4.69) is 20.7 Å². The van der Waals surface area contributed by atoms with Crippen LogP contribution in [0.2, 0.25) is 0 Å². The summed E-state index contributed by atoms with van der Waals surface area (Å²) in [6.45, 7) is 0. The Kier molecular flexibility index (Phi) is 3.57. The smallest absolute Gasteiger partial charge is 0.191 e. The van der Waals surface area contributed by atoms with Gasteiger partial charge in [-0.05, 0) is 12.1 Å². The van der Waals surface area contributed by atoms with Crippen LogP contribution in [0.3, 0.4) is 0 Å². The van der Waals surface area contributed by atoms with Gasteiger partial charge in [-0.15, -0.1) is 0 Å². The molecule has 1 aromatic carbocycles. The van der Waals surface area contributed by atoms with Gasteiger partial charge in [-0.1, -0.05) is 15.9 Å². The highest BCUT2D eigenvalue weighted by molar-refractivity contribution is 9.09. The van der Waals surface area contributed by atoms with Crippen LogP contribution < -0.4 is 4.74 Å². The van der Waals surface area contributed by atoms with E-state index in [1.165, 1.54) is 0 Å². The molecule has 0 aliphatic carbocycles. The van der Waals surface area contributed by atoms with Crippen molar-refractivity contribution in [2.24, 2.45) is 0 Å². The number of hydrogen-bond donors (Lipinski definition) is 0. The van der Waals surface area contributed by atoms with Gasteiger partial charge in [0.25, 0.3) is 0 Å². The van der Waals surface area contributed by atoms with Gasteiger partial charge >= 0.3 is 0 Å². The van der Waals surface area contributed by atoms with Gasteiger partial charge < -0.3 is 4.74 Å². The zero-order valence-electron chi connectivity index (χ0n) is 7.31. The van der Waals surface area contributed by atoms with E-state index in [-0.39, 0.29) is 10.9 Å². The molecule has 2 nitrogen and oxygen atoms in total. The van der Waals surface area contributed by atoms with E-state index in [4.69, 9.17) is 0 Å². The number of halogens is 3. The van der Waals surface area contributed by atoms with Gasteiger partial charge in [-0.3, -0.25) is 4.79 Å². The second kappa shape index (κ2) is 4.50. The molecule has 5 heteroatoms. The number of rotatable bonds is 3. The Balaban J connectivity index is 3.28. The molecule has 0 aromatic heterocycles. The molecule has 0 spiro atoms. The molecular formula is C9H7BrF2O2. The highest BCUT2D eigenvalue weighted by Gasteiger charge is 2.18. The zero-order chi connectivity index (χ0) is 10.7. The van der Waals surface area contributed by atoms with Crippen LogP contribution >= 0.6 is 15.9 Å². The lowest BCUT2D eigenvalue weighted by Gasteiger charge is -2.06. The molecule has 0 bridgehead atoms. The van der Waals surface area contributed by atoms with Crippen molar-refractivity contribution in [3.63, 3.8) is 0 Å². The van der Waals surface area contributed by atoms with Crippen LogP contribution in [0.4, 0.5) is 8.78 Å². The van der Waals surface area contributed by atoms with Crippen LogP contribution in [-0.2, 0) is 0 Å². The first kappa shape index (κ1) is 11.1. The van der Waals surface area contributed by atoms with Gasteiger partial charge in [0.1, 0.15) is 0 Å². The first-order chi connectivity index (χ1) is 6.61. The topological polar surface area (TPSA) is 26.3 Å². The standard InChI is InChI=1S/C9H7BrF2O2/c1-14-9-6(11)3-2-5(8(9)12)7(13)4-10/h2-3H,4H2,1H3. The summed E-state index contributed by atoms with van der Waals surface area (Å²) in [5, 5.41) is -0.0152. The molecule has 76 valence electrons. The molecule has 1 aromatic rings. The molecule has 0 aliphatic heterocycles. The second-order valence-electron chi connectivity index (χ2n) is 2.50. The number of Topliss-reactive ketones (excluding diaryl/α,β-unsaturated/α-hetero) is 1. The molecule has 0 unspecified atom stereocenters. The number of benzene rings is 1. The minimum atomic E-state index is -0.961. The van der Waals surface area contributed by atoms with E-state index in [0.717, 1.165) is 19.2 Å². The Hall–Kier alpha value is -0.970. The fourth-order valence-electron chi connectivity index (χ4n) is 1.01. The van der Waals surface area contributed by atoms with Crippen molar-refractivity contribution in [2.75, 3.05) is 12.4 Å². The van der Waals surface area contributed by atoms with E-state index in [1.54, 1.807) is 0 Å². The summed E-state index contributed by atoms with van der Waals surface area (Å²) in [5.74, 6) is -2.77. The summed E-state index contributed by atoms with van der Waals surface area (Å²) in [7, 11) is 1.14. The van der Waals surface area contributed by atoms with Gasteiger partial charge in [0, 0.05) is 0 Å². The zero-order valence-corrected chi connectivity index (χ0v) is 8.90. The fourth-order valence-corrected chi connectivity index (χ4v) is 1.31. The first-order valence-electron chi connectivity index (χ1n) is 3.73. The van der Waals surface area contributed by atoms with Gasteiger partial charge in [0.2, 0.25) is 0 Å². The van der Waals surface area contributed by atoms with Gasteiger partial charge in [0.05, 0.1) is 18.0 Å². The third kappa shape index (κ3) is 1.92. The average Bonchev–Trinajstić information content (AvgIpc) is 2.18. The Bertz CT molecular complexity index is 366. The van der Waals surface area contributed by atoms with Crippen LogP contribution in [-0.4, -0.2) is 18.2 Å². The summed E-state index contributed by atoms with van der Waals surface area (Å²) in [6, 6.07) is 2.09. The normalized spacial score (nSPS) is 10.0. The predicted molar refractivity (Wildman–Crippen MR) is 51.0 cm³/mol. The summed E-state index contributed by atoms with van der Waals surface area (Å²) in [6.07, 6.45) is 0. The number of methoxy groups -OCH3 is 1. The van der Waals surface area contributed by atoms with E-state index < -0.39 is 23.2 Å². The first-order valence-corrected chi connectivity index (χ1v) is 4.85. The average molecular weight is 265 g/mol. The van der Waals surface area contributed by atoms with Gasteiger partial charge in [0.15, 0.2) is 23.2 Å². The van der Waals surface area contributed by atoms with E-state index in [9.17, 15) is 13.6 Å². The minimum absolute atomic E-state index is 0.0152. The molecule has 0 amide bonds. The Morgan fingerprint density at radius 3 is 2.64 bits per heavy atom. The highest BCUT2D eigenvalue weighted by atomic mass is 79.9. The molecule has 0 N–H and O–H groups in total. The summed E-state index contributed by atoms with van der Waals surface area (Å²) in [4.78, 5) is 11.1. The Morgan fingerprint density at radius 1 is 1.50 bits per heavy atom. The quantitative estimate of drug-likeness (QED) is 0.620. The maximum Gasteiger partial charge on any atom is 0.191 e. The molecule has 0 fully saturated rings. The monoisotopic (exact) mass is 264 g/mol. The third-order valence-corrected chi connectivity index (χ3v) is 2.18. The number of carbonyl (C=O) groups is 1. The molecular weight excluding hydrogens is 258 g/mol. The number of carbonyl (C=O) groups excluding carboxylic acids is 1. The van der Waals surface area contributed by atoms with Crippen LogP contribution in [0.25, 0.3) is 0 Å². The predicted octanol–water partition coefficient (Wildman–Crippen LogP) is 2.55. The van der Waals surface area contributed by atoms with Crippen molar-refractivity contribution in [2.45, 2.75) is 0 Å². The van der Waals surface area contributed by atoms with Crippen molar-refractivity contribution >= 4 is 21.7 Å². The summed E-state index contributed by atoms with van der Waals surface area (Å²) in [5.41, 5.74) is -0.180. The van der Waals surface area contributed by atoms with Crippen molar-refractivity contribution in [1.82, 2.24) is 0 Å². The van der Waals surface area contributed by atoms with E-state index in [1.807, 2.05) is 0 Å². The van der Waals surface area contributed by atoms with Crippen molar-refractivity contribution in [3.05, 3.63) is 29.3 Å². The maximum atomic E-state index is 13.4. The van der Waals surface area contributed by atoms with Crippen molar-refractivity contribution in [3.8, 4) is 5.75 Å². The minimum Gasteiger partial charge on any atom is -0.491 e. The number of ether oxygens (including phenoxy) is 1. The molecule has 1 rings (SSSR count). The Morgan fingerprint density at radius 2 is 2.14 bits per heavy atom. The molecule has 14 heavy (non-hydrogen) atoms. The van der Waals surface area contributed by atoms with Crippen molar-refractivity contribution < 1.29 is 18.3 Å². The Labute approximate surface area is 88.0 Å². The van der Waals surface area contributed by atoms with Gasteiger partial charge in [-0.2, -0.15) is 0 Å². The molecule has 0 saturated carbocycles. The van der Waals surface area contributed by atoms with Crippen LogP contribution in [0.1, 0.15) is 10.4 Å². The number of ketones is 1.